The Morgan fingerprint density at radius 3 is 2.81 bits per heavy atom. The first kappa shape index (κ1) is 22.7. The maximum Gasteiger partial charge on any atom is 0.248 e. The Kier molecular flexibility index (Phi) is 7.39. The van der Waals surface area contributed by atoms with Crippen molar-refractivity contribution in [3.8, 4) is 5.69 Å². The van der Waals surface area contributed by atoms with Crippen LogP contribution in [0.3, 0.4) is 0 Å². The molecule has 0 radical (unpaired) electrons. The molecule has 0 saturated carbocycles. The lowest BCUT2D eigenvalue weighted by molar-refractivity contribution is 0.294. The largest absolute Gasteiger partial charge is 0.355 e. The van der Waals surface area contributed by atoms with E-state index in [0.717, 1.165) is 56.9 Å². The number of pyridine rings is 1. The number of rotatable bonds is 7. The van der Waals surface area contributed by atoms with Crippen molar-refractivity contribution in [3.05, 3.63) is 51.9 Å². The van der Waals surface area contributed by atoms with Crippen LogP contribution >= 0.6 is 23.2 Å². The number of nitrogens with one attached hydrogen (secondary N) is 1. The van der Waals surface area contributed by atoms with Crippen molar-refractivity contribution in [2.75, 3.05) is 42.9 Å². The number of benzene rings is 1. The second-order valence-corrected chi connectivity index (χ2v) is 8.39. The van der Waals surface area contributed by atoms with Crippen molar-refractivity contribution < 1.29 is 4.39 Å². The third-order valence-corrected chi connectivity index (χ3v) is 6.29. The molecule has 0 bridgehead atoms. The van der Waals surface area contributed by atoms with Gasteiger partial charge in [0.05, 0.1) is 15.7 Å². The maximum atomic E-state index is 13.7. The monoisotopic (exact) mass is 478 g/mol. The lowest BCUT2D eigenvalue weighted by atomic mass is 10.2. The van der Waals surface area contributed by atoms with Gasteiger partial charge >= 0.3 is 0 Å². The normalized spacial score (nSPS) is 15.1. The summed E-state index contributed by atoms with van der Waals surface area (Å²) in [5.74, 6) is 0.729. The molecule has 1 aliphatic heterocycles. The quantitative estimate of drug-likeness (QED) is 0.513. The van der Waals surface area contributed by atoms with Crippen LogP contribution in [0.25, 0.3) is 5.69 Å². The molecule has 3 heterocycles. The first-order chi connectivity index (χ1) is 15.6. The molecule has 1 aromatic carbocycles. The van der Waals surface area contributed by atoms with E-state index in [0.29, 0.717) is 18.2 Å². The van der Waals surface area contributed by atoms with Crippen molar-refractivity contribution >= 4 is 35.0 Å². The van der Waals surface area contributed by atoms with Gasteiger partial charge in [-0.2, -0.15) is 4.68 Å². The van der Waals surface area contributed by atoms with Gasteiger partial charge in [-0.3, -0.25) is 0 Å². The van der Waals surface area contributed by atoms with E-state index in [1.54, 1.807) is 0 Å². The molecular formula is C21H25Cl2FN8. The van der Waals surface area contributed by atoms with E-state index < -0.39 is 5.82 Å². The minimum absolute atomic E-state index is 0.0466. The summed E-state index contributed by atoms with van der Waals surface area (Å²) < 4.78 is 15.1. The number of anilines is 2. The average Bonchev–Trinajstić information content (AvgIpc) is 3.14. The van der Waals surface area contributed by atoms with Gasteiger partial charge in [0.15, 0.2) is 0 Å². The third kappa shape index (κ3) is 4.95. The molecule has 170 valence electrons. The van der Waals surface area contributed by atoms with Crippen molar-refractivity contribution in [2.24, 2.45) is 0 Å². The van der Waals surface area contributed by atoms with Crippen LogP contribution in [0.4, 0.5) is 16.2 Å². The summed E-state index contributed by atoms with van der Waals surface area (Å²) in [5, 5.41) is 14.9. The summed E-state index contributed by atoms with van der Waals surface area (Å²) in [6, 6.07) is 6.68. The number of aromatic nitrogens is 5. The van der Waals surface area contributed by atoms with E-state index in [4.69, 9.17) is 23.2 Å². The van der Waals surface area contributed by atoms with Crippen LogP contribution < -0.4 is 10.2 Å². The highest BCUT2D eigenvalue weighted by atomic mass is 35.5. The molecule has 11 heteroatoms. The molecule has 1 fully saturated rings. The van der Waals surface area contributed by atoms with E-state index in [1.807, 2.05) is 18.3 Å². The predicted molar refractivity (Wildman–Crippen MR) is 124 cm³/mol. The molecule has 0 atom stereocenters. The van der Waals surface area contributed by atoms with Gasteiger partial charge in [0.25, 0.3) is 0 Å². The first-order valence-corrected chi connectivity index (χ1v) is 11.4. The van der Waals surface area contributed by atoms with Crippen molar-refractivity contribution in [1.82, 2.24) is 30.1 Å². The molecule has 1 N–H and O–H groups in total. The van der Waals surface area contributed by atoms with Crippen molar-refractivity contribution in [2.45, 2.75) is 26.3 Å². The topological polar surface area (TPSA) is 75.0 Å². The summed E-state index contributed by atoms with van der Waals surface area (Å²) in [4.78, 5) is 9.51. The Hall–Kier alpha value is -2.49. The van der Waals surface area contributed by atoms with Crippen LogP contribution in [0.2, 0.25) is 10.0 Å². The number of halogens is 3. The highest BCUT2D eigenvalue weighted by Crippen LogP contribution is 2.31. The zero-order chi connectivity index (χ0) is 22.5. The second-order valence-electron chi connectivity index (χ2n) is 7.63. The molecule has 0 unspecified atom stereocenters. The van der Waals surface area contributed by atoms with Gasteiger partial charge in [-0.1, -0.05) is 41.3 Å². The zero-order valence-electron chi connectivity index (χ0n) is 17.8. The fourth-order valence-electron chi connectivity index (χ4n) is 3.89. The van der Waals surface area contributed by atoms with E-state index in [2.05, 4.69) is 42.5 Å². The smallest absolute Gasteiger partial charge is 0.248 e. The van der Waals surface area contributed by atoms with Crippen molar-refractivity contribution in [3.63, 3.8) is 0 Å². The van der Waals surface area contributed by atoms with Crippen LogP contribution in [0.5, 0.6) is 0 Å². The van der Waals surface area contributed by atoms with Gasteiger partial charge in [-0.15, -0.1) is 0 Å². The Balaban J connectivity index is 1.51. The maximum absolute atomic E-state index is 13.7. The minimum atomic E-state index is -0.599. The van der Waals surface area contributed by atoms with Gasteiger partial charge in [0, 0.05) is 37.9 Å². The van der Waals surface area contributed by atoms with Gasteiger partial charge in [0.2, 0.25) is 5.95 Å². The minimum Gasteiger partial charge on any atom is -0.355 e. The summed E-state index contributed by atoms with van der Waals surface area (Å²) in [6.45, 7) is 7.84. The van der Waals surface area contributed by atoms with Gasteiger partial charge < -0.3 is 15.1 Å². The molecule has 0 spiro atoms. The van der Waals surface area contributed by atoms with E-state index in [-0.39, 0.29) is 10.0 Å². The van der Waals surface area contributed by atoms with Crippen LogP contribution in [0, 0.1) is 5.82 Å². The Morgan fingerprint density at radius 2 is 1.97 bits per heavy atom. The number of hydrogen-bond donors (Lipinski definition) is 1. The lowest BCUT2D eigenvalue weighted by Crippen LogP contribution is -2.32. The second kappa shape index (κ2) is 10.4. The molecule has 32 heavy (non-hydrogen) atoms. The molecule has 8 nitrogen and oxygen atoms in total. The number of tetrazole rings is 1. The molecular weight excluding hydrogens is 454 g/mol. The Morgan fingerprint density at radius 1 is 1.09 bits per heavy atom. The molecule has 1 aliphatic rings. The fourth-order valence-corrected chi connectivity index (χ4v) is 4.28. The Labute approximate surface area is 196 Å². The standard InChI is InChI=1S/C21H25Cl2FN8/c1-2-9-30-10-4-11-31(13-12-30)20-15(5-3-8-25-20)14-26-21-27-28-29-32(21)17-7-6-16(24)18(22)19(17)23/h3,5-8H,2,4,9-14H2,1H3,(H,26,27,29). The molecule has 3 aromatic rings. The van der Waals surface area contributed by atoms with Crippen LogP contribution in [0.1, 0.15) is 25.3 Å². The lowest BCUT2D eigenvalue weighted by Gasteiger charge is -2.24. The predicted octanol–water partition coefficient (Wildman–Crippen LogP) is 4.04. The molecule has 0 amide bonds. The highest BCUT2D eigenvalue weighted by molar-refractivity contribution is 6.43. The first-order valence-electron chi connectivity index (χ1n) is 10.7. The summed E-state index contributed by atoms with van der Waals surface area (Å²) in [6.07, 6.45) is 4.08. The summed E-state index contributed by atoms with van der Waals surface area (Å²) in [7, 11) is 0. The molecule has 2 aromatic heterocycles. The van der Waals surface area contributed by atoms with Gasteiger partial charge in [-0.05, 0) is 54.6 Å². The summed E-state index contributed by atoms with van der Waals surface area (Å²) >= 11 is 12.2. The number of nitrogens with zero attached hydrogens (tertiary/aromatic N) is 7. The summed E-state index contributed by atoms with van der Waals surface area (Å²) in [5.41, 5.74) is 1.43. The van der Waals surface area contributed by atoms with Crippen LogP contribution in [-0.2, 0) is 6.54 Å². The van der Waals surface area contributed by atoms with Crippen molar-refractivity contribution in [1.29, 1.82) is 0 Å². The van der Waals surface area contributed by atoms with Gasteiger partial charge in [-0.25, -0.2) is 9.37 Å². The highest BCUT2D eigenvalue weighted by Gasteiger charge is 2.19. The SMILES string of the molecule is CCCN1CCCN(c2ncccc2CNc2nnnn2-c2ccc(F)c(Cl)c2Cl)CC1. The zero-order valence-corrected chi connectivity index (χ0v) is 19.3. The van der Waals surface area contributed by atoms with Crippen LogP contribution in [0.15, 0.2) is 30.5 Å². The van der Waals surface area contributed by atoms with Crippen LogP contribution in [-0.4, -0.2) is 62.8 Å². The van der Waals surface area contributed by atoms with E-state index in [1.165, 1.54) is 16.8 Å². The Bertz CT molecular complexity index is 1060. The van der Waals surface area contributed by atoms with Gasteiger partial charge in [0.1, 0.15) is 11.6 Å². The fraction of sp³-hybridized carbons (Fsp3) is 0.429. The molecule has 0 aliphatic carbocycles. The third-order valence-electron chi connectivity index (χ3n) is 5.44. The number of hydrogen-bond acceptors (Lipinski definition) is 7. The average molecular weight is 479 g/mol. The van der Waals surface area contributed by atoms with E-state index >= 15 is 0 Å². The molecule has 4 rings (SSSR count). The molecule has 1 saturated heterocycles. The van der Waals surface area contributed by atoms with E-state index in [9.17, 15) is 4.39 Å².